The molecule has 2 aromatic rings. The number of nitrogens with two attached hydrogens (primary N) is 1. The fraction of sp³-hybridized carbons (Fsp3) is 0.143. The third kappa shape index (κ3) is 2.76. The molecule has 0 heterocycles. The van der Waals surface area contributed by atoms with Gasteiger partial charge in [0.25, 0.3) is 0 Å². The first-order valence-electron chi connectivity index (χ1n) is 5.56. The summed E-state index contributed by atoms with van der Waals surface area (Å²) in [5.41, 5.74) is 8.22. The third-order valence-electron chi connectivity index (χ3n) is 2.74. The molecule has 0 saturated carbocycles. The van der Waals surface area contributed by atoms with Crippen molar-refractivity contribution < 1.29 is 8.60 Å². The summed E-state index contributed by atoms with van der Waals surface area (Å²) in [5.74, 6) is 0.0492. The molecule has 0 amide bonds. The largest absolute Gasteiger partial charge is 0.398 e. The minimum atomic E-state index is -1.21. The summed E-state index contributed by atoms with van der Waals surface area (Å²) in [6, 6.07) is 11.5. The van der Waals surface area contributed by atoms with Crippen LogP contribution in [0.3, 0.4) is 0 Å². The Labute approximate surface area is 108 Å². The summed E-state index contributed by atoms with van der Waals surface area (Å²) in [6.45, 7) is 1.88. The molecule has 0 fully saturated rings. The second-order valence-electron chi connectivity index (χ2n) is 4.10. The Bertz CT molecular complexity index is 581. The molecule has 0 bridgehead atoms. The highest BCUT2D eigenvalue weighted by atomic mass is 32.2. The SMILES string of the molecule is Cc1cccc(S(=O)Cc2ccc(F)cc2)c1N. The molecule has 2 N–H and O–H groups in total. The molecule has 1 atom stereocenters. The van der Waals surface area contributed by atoms with Gasteiger partial charge in [-0.05, 0) is 36.2 Å². The lowest BCUT2D eigenvalue weighted by atomic mass is 10.2. The first-order chi connectivity index (χ1) is 8.58. The van der Waals surface area contributed by atoms with Crippen LogP contribution >= 0.6 is 0 Å². The van der Waals surface area contributed by atoms with E-state index in [2.05, 4.69) is 0 Å². The molecule has 1 unspecified atom stereocenters. The van der Waals surface area contributed by atoms with E-state index in [0.717, 1.165) is 11.1 Å². The van der Waals surface area contributed by atoms with Gasteiger partial charge >= 0.3 is 0 Å². The lowest BCUT2D eigenvalue weighted by Crippen LogP contribution is -2.02. The van der Waals surface area contributed by atoms with E-state index in [-0.39, 0.29) is 5.82 Å². The maximum atomic E-state index is 12.8. The molecular formula is C14H14FNOS. The smallest absolute Gasteiger partial charge is 0.123 e. The molecule has 0 aromatic heterocycles. The maximum Gasteiger partial charge on any atom is 0.123 e. The molecule has 0 aliphatic rings. The van der Waals surface area contributed by atoms with Crippen LogP contribution in [0.5, 0.6) is 0 Å². The first kappa shape index (κ1) is 12.8. The number of anilines is 1. The van der Waals surface area contributed by atoms with Crippen molar-refractivity contribution in [2.75, 3.05) is 5.73 Å². The third-order valence-corrected chi connectivity index (χ3v) is 4.18. The minimum absolute atomic E-state index is 0.292. The van der Waals surface area contributed by atoms with E-state index in [1.54, 1.807) is 18.2 Å². The standard InChI is InChI=1S/C14H14FNOS/c1-10-3-2-4-13(14(10)16)18(17)9-11-5-7-12(15)8-6-11/h2-8H,9,16H2,1H3. The van der Waals surface area contributed by atoms with E-state index < -0.39 is 10.8 Å². The normalized spacial score (nSPS) is 12.3. The van der Waals surface area contributed by atoms with Crippen LogP contribution < -0.4 is 5.73 Å². The van der Waals surface area contributed by atoms with Gasteiger partial charge in [0.1, 0.15) is 5.82 Å². The molecule has 18 heavy (non-hydrogen) atoms. The minimum Gasteiger partial charge on any atom is -0.398 e. The quantitative estimate of drug-likeness (QED) is 0.865. The second kappa shape index (κ2) is 5.31. The van der Waals surface area contributed by atoms with Crippen molar-refractivity contribution in [1.82, 2.24) is 0 Å². The van der Waals surface area contributed by atoms with Crippen LogP contribution in [0.15, 0.2) is 47.4 Å². The Morgan fingerprint density at radius 3 is 2.50 bits per heavy atom. The highest BCUT2D eigenvalue weighted by molar-refractivity contribution is 7.84. The van der Waals surface area contributed by atoms with Crippen LogP contribution in [-0.2, 0) is 16.6 Å². The number of hydrogen-bond acceptors (Lipinski definition) is 2. The number of rotatable bonds is 3. The number of benzene rings is 2. The van der Waals surface area contributed by atoms with Crippen LogP contribution in [0.2, 0.25) is 0 Å². The van der Waals surface area contributed by atoms with Crippen molar-refractivity contribution in [3.8, 4) is 0 Å². The van der Waals surface area contributed by atoms with Crippen LogP contribution in [0.4, 0.5) is 10.1 Å². The predicted molar refractivity (Wildman–Crippen MR) is 72.1 cm³/mol. The van der Waals surface area contributed by atoms with Gasteiger partial charge in [-0.2, -0.15) is 0 Å². The fourth-order valence-electron chi connectivity index (χ4n) is 1.66. The van der Waals surface area contributed by atoms with Gasteiger partial charge in [-0.1, -0.05) is 24.3 Å². The number of nitrogen functional groups attached to an aromatic ring is 1. The molecule has 0 aliphatic heterocycles. The van der Waals surface area contributed by atoms with Crippen LogP contribution in [-0.4, -0.2) is 4.21 Å². The van der Waals surface area contributed by atoms with Gasteiger partial charge in [0.2, 0.25) is 0 Å². The van der Waals surface area contributed by atoms with Crippen LogP contribution in [0, 0.1) is 12.7 Å². The topological polar surface area (TPSA) is 43.1 Å². The average Bonchev–Trinajstić information content (AvgIpc) is 2.35. The molecule has 94 valence electrons. The molecule has 0 aliphatic carbocycles. The van der Waals surface area contributed by atoms with Crippen LogP contribution in [0.1, 0.15) is 11.1 Å². The summed E-state index contributed by atoms with van der Waals surface area (Å²) in [4.78, 5) is 0.638. The van der Waals surface area contributed by atoms with E-state index in [1.807, 2.05) is 19.1 Å². The monoisotopic (exact) mass is 263 g/mol. The van der Waals surface area contributed by atoms with E-state index >= 15 is 0 Å². The summed E-state index contributed by atoms with van der Waals surface area (Å²) >= 11 is 0. The van der Waals surface area contributed by atoms with Gasteiger partial charge in [0.05, 0.1) is 27.1 Å². The zero-order valence-corrected chi connectivity index (χ0v) is 10.8. The Morgan fingerprint density at radius 1 is 1.17 bits per heavy atom. The van der Waals surface area contributed by atoms with Crippen molar-refractivity contribution >= 4 is 16.5 Å². The Kier molecular flexibility index (Phi) is 3.77. The summed E-state index contributed by atoms with van der Waals surface area (Å²) in [5, 5.41) is 0. The van der Waals surface area contributed by atoms with Gasteiger partial charge in [0.15, 0.2) is 0 Å². The molecular weight excluding hydrogens is 249 g/mol. The zero-order chi connectivity index (χ0) is 13.1. The molecule has 2 aromatic carbocycles. The number of aryl methyl sites for hydroxylation is 1. The van der Waals surface area contributed by atoms with Gasteiger partial charge in [-0.25, -0.2) is 4.39 Å². The van der Waals surface area contributed by atoms with Crippen LogP contribution in [0.25, 0.3) is 0 Å². The zero-order valence-electron chi connectivity index (χ0n) is 10.0. The average molecular weight is 263 g/mol. The van der Waals surface area contributed by atoms with Gasteiger partial charge in [-0.3, -0.25) is 4.21 Å². The Balaban J connectivity index is 2.22. The van der Waals surface area contributed by atoms with Crippen molar-refractivity contribution in [3.05, 3.63) is 59.4 Å². The highest BCUT2D eigenvalue weighted by Crippen LogP contribution is 2.22. The predicted octanol–water partition coefficient (Wildman–Crippen LogP) is 3.02. The summed E-state index contributed by atoms with van der Waals surface area (Å²) in [7, 11) is -1.21. The van der Waals surface area contributed by atoms with E-state index in [0.29, 0.717) is 16.3 Å². The van der Waals surface area contributed by atoms with Crippen molar-refractivity contribution in [1.29, 1.82) is 0 Å². The maximum absolute atomic E-state index is 12.8. The molecule has 0 spiro atoms. The number of halogens is 1. The molecule has 2 nitrogen and oxygen atoms in total. The second-order valence-corrected chi connectivity index (χ2v) is 5.52. The van der Waals surface area contributed by atoms with Crippen molar-refractivity contribution in [2.24, 2.45) is 0 Å². The van der Waals surface area contributed by atoms with Crippen molar-refractivity contribution in [2.45, 2.75) is 17.6 Å². The molecule has 4 heteroatoms. The number of para-hydroxylation sites is 1. The van der Waals surface area contributed by atoms with E-state index in [4.69, 9.17) is 5.73 Å². The van der Waals surface area contributed by atoms with Gasteiger partial charge in [0, 0.05) is 0 Å². The lowest BCUT2D eigenvalue weighted by Gasteiger charge is -2.08. The lowest BCUT2D eigenvalue weighted by molar-refractivity contribution is 0.627. The Hall–Kier alpha value is -1.68. The Morgan fingerprint density at radius 2 is 1.83 bits per heavy atom. The first-order valence-corrected chi connectivity index (χ1v) is 6.87. The van der Waals surface area contributed by atoms with Gasteiger partial charge in [-0.15, -0.1) is 0 Å². The molecule has 0 radical (unpaired) electrons. The van der Waals surface area contributed by atoms with E-state index in [1.165, 1.54) is 12.1 Å². The summed E-state index contributed by atoms with van der Waals surface area (Å²) in [6.07, 6.45) is 0. The fourth-order valence-corrected chi connectivity index (χ4v) is 2.95. The molecule has 2 rings (SSSR count). The highest BCUT2D eigenvalue weighted by Gasteiger charge is 2.10. The van der Waals surface area contributed by atoms with E-state index in [9.17, 15) is 8.60 Å². The van der Waals surface area contributed by atoms with Gasteiger partial charge < -0.3 is 5.73 Å². The number of hydrogen-bond donors (Lipinski definition) is 1. The summed E-state index contributed by atoms with van der Waals surface area (Å²) < 4.78 is 25.0. The molecule has 0 saturated heterocycles. The van der Waals surface area contributed by atoms with Crippen molar-refractivity contribution in [3.63, 3.8) is 0 Å².